The monoisotopic (exact) mass is 1070 g/mol. The van der Waals surface area contributed by atoms with Crippen molar-refractivity contribution in [1.82, 2.24) is 0 Å². The highest BCUT2D eigenvalue weighted by Gasteiger charge is 2.69. The zero-order valence-corrected chi connectivity index (χ0v) is 47.5. The van der Waals surface area contributed by atoms with Gasteiger partial charge in [0, 0.05) is 62.6 Å². The van der Waals surface area contributed by atoms with Crippen LogP contribution in [0.15, 0.2) is 60.7 Å². The van der Waals surface area contributed by atoms with Crippen molar-refractivity contribution in [3.8, 4) is 0 Å². The number of benzene rings is 2. The standard InChI is InChI=1S/2C33H44O6/c2*1-20(34)24-12-13-25-29-26(38-28-11-7-8-16-37-28)18-22-17-23(35)14-15-32(22,2)30(29)27(19-33(24,25)3)39-31(36)21-9-5-4-6-10-21/h2*4-6,9-10,22,24-30H,7-8,11-19H2,1-3H3/t2*22-,24?,25?,26+,27+,28?,29?,30?,32?,33?/m00/s1. The van der Waals surface area contributed by atoms with Gasteiger partial charge in [-0.05, 0) is 198 Å². The molecular weight excluding hydrogens is 985 g/mol. The van der Waals surface area contributed by atoms with E-state index in [2.05, 4.69) is 27.7 Å². The van der Waals surface area contributed by atoms with Crippen LogP contribution < -0.4 is 0 Å². The number of Topliss-reactive ketones (excluding diaryl/α,β-unsaturated/α-hetero) is 4. The van der Waals surface area contributed by atoms with Gasteiger partial charge in [0.1, 0.15) is 35.3 Å². The molecule has 2 aliphatic heterocycles. The number of hydrogen-bond acceptors (Lipinski definition) is 12. The minimum absolute atomic E-state index is 0.0357. The third-order valence-corrected chi connectivity index (χ3v) is 23.2. The maximum absolute atomic E-state index is 13.5. The van der Waals surface area contributed by atoms with E-state index in [1.165, 1.54) is 0 Å². The SMILES string of the molecule is CC(=O)C1CCC2C3C([C@H](OC(=O)c4ccccc4)CC12C)C1(C)CCC(=O)C[C@H]1C[C@H]3OC1CCCCO1.CC(=O)C1CCC2C3C([C@H](OC(=O)c4ccccc4)CC12C)C1(C)CCC(=O)C[C@H]1C[C@H]3OC1CCCCO1. The Morgan fingerprint density at radius 3 is 1.26 bits per heavy atom. The number of carbonyl (C=O) groups is 6. The smallest absolute Gasteiger partial charge is 0.338 e. The molecule has 2 aromatic rings. The van der Waals surface area contributed by atoms with Crippen LogP contribution in [0.3, 0.4) is 0 Å². The topological polar surface area (TPSA) is 158 Å². The van der Waals surface area contributed by atoms with E-state index in [9.17, 15) is 28.8 Å². The van der Waals surface area contributed by atoms with E-state index in [0.717, 1.165) is 103 Å². The third-order valence-electron chi connectivity index (χ3n) is 23.2. The Morgan fingerprint density at radius 1 is 0.500 bits per heavy atom. The molecule has 0 amide bonds. The molecule has 12 nitrogen and oxygen atoms in total. The molecule has 0 spiro atoms. The van der Waals surface area contributed by atoms with Gasteiger partial charge in [-0.3, -0.25) is 19.2 Å². The lowest BCUT2D eigenvalue weighted by molar-refractivity contribution is -0.261. The van der Waals surface area contributed by atoms with Crippen LogP contribution in [0.5, 0.6) is 0 Å². The van der Waals surface area contributed by atoms with Gasteiger partial charge < -0.3 is 28.4 Å². The molecule has 2 saturated heterocycles. The van der Waals surface area contributed by atoms with Crippen molar-refractivity contribution in [3.05, 3.63) is 71.8 Å². The van der Waals surface area contributed by atoms with E-state index in [1.807, 2.05) is 36.4 Å². The third kappa shape index (κ3) is 10.2. The molecule has 14 unspecified atom stereocenters. The average molecular weight is 1070 g/mol. The van der Waals surface area contributed by atoms with Crippen molar-refractivity contribution in [2.45, 2.75) is 207 Å². The highest BCUT2D eigenvalue weighted by Crippen LogP contribution is 2.70. The molecule has 0 N–H and O–H groups in total. The highest BCUT2D eigenvalue weighted by atomic mass is 16.7. The Labute approximate surface area is 463 Å². The molecule has 20 atom stereocenters. The molecule has 10 fully saturated rings. The summed E-state index contributed by atoms with van der Waals surface area (Å²) < 4.78 is 38.8. The molecule has 8 aliphatic carbocycles. The number of ketones is 4. The second-order valence-electron chi connectivity index (χ2n) is 27.2. The Kier molecular flexibility index (Phi) is 16.0. The maximum atomic E-state index is 13.5. The number of fused-ring (bicyclic) bond motifs is 10. The maximum Gasteiger partial charge on any atom is 0.338 e. The fourth-order valence-corrected chi connectivity index (χ4v) is 19.6. The summed E-state index contributed by atoms with van der Waals surface area (Å²) in [6, 6.07) is 18.5. The summed E-state index contributed by atoms with van der Waals surface area (Å²) in [5, 5.41) is 0. The van der Waals surface area contributed by atoms with Gasteiger partial charge in [0.2, 0.25) is 0 Å². The zero-order chi connectivity index (χ0) is 54.7. The molecule has 0 radical (unpaired) electrons. The molecular formula is C66H88O12. The summed E-state index contributed by atoms with van der Waals surface area (Å²) in [6.07, 6.45) is 15.6. The van der Waals surface area contributed by atoms with Crippen molar-refractivity contribution in [3.63, 3.8) is 0 Å². The number of esters is 2. The number of rotatable bonds is 10. The minimum atomic E-state index is -0.330. The van der Waals surface area contributed by atoms with E-state index in [1.54, 1.807) is 38.1 Å². The van der Waals surface area contributed by atoms with Crippen molar-refractivity contribution in [2.75, 3.05) is 13.2 Å². The van der Waals surface area contributed by atoms with E-state index in [4.69, 9.17) is 28.4 Å². The Balaban J connectivity index is 0.000000165. The predicted molar refractivity (Wildman–Crippen MR) is 292 cm³/mol. The first kappa shape index (κ1) is 55.8. The second-order valence-corrected chi connectivity index (χ2v) is 27.2. The Morgan fingerprint density at radius 2 is 0.897 bits per heavy atom. The number of hydrogen-bond donors (Lipinski definition) is 0. The quantitative estimate of drug-likeness (QED) is 0.164. The minimum Gasteiger partial charge on any atom is -0.458 e. The summed E-state index contributed by atoms with van der Waals surface area (Å²) in [6.45, 7) is 14.1. The van der Waals surface area contributed by atoms with Crippen molar-refractivity contribution >= 4 is 35.1 Å². The molecule has 12 heteroatoms. The molecule has 2 heterocycles. The van der Waals surface area contributed by atoms with Crippen molar-refractivity contribution in [2.24, 2.45) is 80.8 Å². The van der Waals surface area contributed by atoms with Gasteiger partial charge in [-0.1, -0.05) is 64.1 Å². The molecule has 8 saturated carbocycles. The summed E-state index contributed by atoms with van der Waals surface area (Å²) in [5.74, 6) is 1.95. The molecule has 78 heavy (non-hydrogen) atoms. The molecule has 12 rings (SSSR count). The largest absolute Gasteiger partial charge is 0.458 e. The van der Waals surface area contributed by atoms with Crippen LogP contribution in [-0.4, -0.2) is 85.3 Å². The van der Waals surface area contributed by atoms with Crippen LogP contribution in [-0.2, 0) is 47.6 Å². The van der Waals surface area contributed by atoms with Crippen LogP contribution in [0.25, 0.3) is 0 Å². The highest BCUT2D eigenvalue weighted by molar-refractivity contribution is 5.90. The molecule has 2 aromatic carbocycles. The van der Waals surface area contributed by atoms with Gasteiger partial charge in [0.05, 0.1) is 23.3 Å². The summed E-state index contributed by atoms with van der Waals surface area (Å²) in [5.41, 5.74) is 0.354. The van der Waals surface area contributed by atoms with Crippen LogP contribution >= 0.6 is 0 Å². The zero-order valence-electron chi connectivity index (χ0n) is 47.5. The van der Waals surface area contributed by atoms with Gasteiger partial charge >= 0.3 is 11.9 Å². The average Bonchev–Trinajstić information content (AvgIpc) is 4.15. The van der Waals surface area contributed by atoms with E-state index in [0.29, 0.717) is 73.1 Å². The molecule has 10 aliphatic rings. The fraction of sp³-hybridized carbons (Fsp3) is 0.727. The summed E-state index contributed by atoms with van der Waals surface area (Å²) in [7, 11) is 0. The first-order valence-corrected chi connectivity index (χ1v) is 30.5. The lowest BCUT2D eigenvalue weighted by Gasteiger charge is -2.64. The fourth-order valence-electron chi connectivity index (χ4n) is 19.6. The van der Waals surface area contributed by atoms with Crippen LogP contribution in [0, 0.1) is 80.8 Å². The van der Waals surface area contributed by atoms with Crippen LogP contribution in [0.4, 0.5) is 0 Å². The first-order valence-electron chi connectivity index (χ1n) is 30.5. The molecule has 424 valence electrons. The Bertz CT molecular complexity index is 2360. The van der Waals surface area contributed by atoms with Gasteiger partial charge in [-0.15, -0.1) is 0 Å². The van der Waals surface area contributed by atoms with Crippen LogP contribution in [0.2, 0.25) is 0 Å². The normalized spacial score (nSPS) is 43.6. The van der Waals surface area contributed by atoms with Crippen molar-refractivity contribution in [1.29, 1.82) is 0 Å². The number of ether oxygens (including phenoxy) is 6. The molecule has 0 aromatic heterocycles. The second kappa shape index (κ2) is 22.3. The summed E-state index contributed by atoms with van der Waals surface area (Å²) >= 11 is 0. The van der Waals surface area contributed by atoms with E-state index >= 15 is 0 Å². The van der Waals surface area contributed by atoms with Crippen molar-refractivity contribution < 1.29 is 57.2 Å². The van der Waals surface area contributed by atoms with Gasteiger partial charge in [-0.2, -0.15) is 0 Å². The van der Waals surface area contributed by atoms with Gasteiger partial charge in [0.15, 0.2) is 12.6 Å². The van der Waals surface area contributed by atoms with Crippen LogP contribution in [0.1, 0.15) is 191 Å². The Hall–Kier alpha value is -4.10. The predicted octanol–water partition coefficient (Wildman–Crippen LogP) is 12.3. The first-order chi connectivity index (χ1) is 37.4. The van der Waals surface area contributed by atoms with E-state index < -0.39 is 0 Å². The number of carbonyl (C=O) groups excluding carboxylic acids is 6. The van der Waals surface area contributed by atoms with Gasteiger partial charge in [0.25, 0.3) is 0 Å². The van der Waals surface area contributed by atoms with Gasteiger partial charge in [-0.25, -0.2) is 9.59 Å². The summed E-state index contributed by atoms with van der Waals surface area (Å²) in [4.78, 5) is 78.4. The lowest BCUT2D eigenvalue weighted by atomic mass is 9.43. The van der Waals surface area contributed by atoms with E-state index in [-0.39, 0.29) is 130 Å². The lowest BCUT2D eigenvalue weighted by Crippen LogP contribution is -2.64. The molecule has 0 bridgehead atoms.